The zero-order valence-electron chi connectivity index (χ0n) is 36.0. The minimum Gasteiger partial charge on any atom is -0.387 e. The van der Waals surface area contributed by atoms with Crippen LogP contribution in [0.5, 0.6) is 0 Å². The number of anilines is 1. The number of rotatable bonds is 17. The van der Waals surface area contributed by atoms with Crippen LogP contribution in [0.3, 0.4) is 0 Å². The van der Waals surface area contributed by atoms with Crippen molar-refractivity contribution < 1.29 is 37.5 Å². The lowest BCUT2D eigenvalue weighted by Crippen LogP contribution is -2.54. The molecule has 16 nitrogen and oxygen atoms in total. The first kappa shape index (κ1) is 45.1. The van der Waals surface area contributed by atoms with Crippen LogP contribution in [0.4, 0.5) is 14.5 Å². The molecule has 5 N–H and O–H groups in total. The molecule has 1 aromatic heterocycles. The molecule has 4 aliphatic rings. The molecule has 340 valence electrons. The van der Waals surface area contributed by atoms with Gasteiger partial charge in [0.1, 0.15) is 17.7 Å². The van der Waals surface area contributed by atoms with Crippen molar-refractivity contribution in [3.05, 3.63) is 94.9 Å². The second kappa shape index (κ2) is 20.6. The molecule has 8 rings (SSSR count). The summed E-state index contributed by atoms with van der Waals surface area (Å²) in [4.78, 5) is 77.1. The number of carbonyl (C=O) groups excluding carboxylic acids is 5. The third kappa shape index (κ3) is 10.6. The van der Waals surface area contributed by atoms with Gasteiger partial charge in [-0.25, -0.2) is 13.8 Å². The van der Waals surface area contributed by atoms with E-state index >= 15 is 8.78 Å². The maximum atomic E-state index is 15.4. The zero-order valence-corrected chi connectivity index (χ0v) is 36.0. The fourth-order valence-electron chi connectivity index (χ4n) is 8.68. The molecular formula is C47H52F2N10O6. The molecule has 4 aliphatic heterocycles. The number of nitrogens with one attached hydrogen (secondary N) is 5. The third-order valence-corrected chi connectivity index (χ3v) is 12.3. The lowest BCUT2D eigenvalue weighted by Gasteiger charge is -2.31. The second-order valence-electron chi connectivity index (χ2n) is 16.7. The fraction of sp³-hybridized carbons (Fsp3) is 0.404. The van der Waals surface area contributed by atoms with E-state index in [9.17, 15) is 24.0 Å². The summed E-state index contributed by atoms with van der Waals surface area (Å²) in [7, 11) is 0. The summed E-state index contributed by atoms with van der Waals surface area (Å²) in [5, 5.41) is 20.1. The topological polar surface area (TPSA) is 202 Å². The number of nitrogens with zero attached hydrogens (tertiary/aromatic N) is 5. The molecule has 5 amide bonds. The number of fused-ring (bicyclic) bond motifs is 2. The van der Waals surface area contributed by atoms with E-state index in [4.69, 9.17) is 15.1 Å². The van der Waals surface area contributed by atoms with E-state index in [1.807, 2.05) is 4.90 Å². The van der Waals surface area contributed by atoms with Crippen LogP contribution in [-0.4, -0.2) is 132 Å². The first-order chi connectivity index (χ1) is 31.6. The van der Waals surface area contributed by atoms with Crippen LogP contribution in [0.2, 0.25) is 0 Å². The summed E-state index contributed by atoms with van der Waals surface area (Å²) in [5.74, 6) is -3.43. The number of para-hydroxylation sites is 1. The molecule has 0 saturated carbocycles. The minimum absolute atomic E-state index is 0.0211. The van der Waals surface area contributed by atoms with E-state index in [0.717, 1.165) is 50.1 Å². The number of carbonyl (C=O) groups is 5. The predicted octanol–water partition coefficient (Wildman–Crippen LogP) is 4.25. The number of hydrogen-bond acceptors (Lipinski definition) is 13. The first-order valence-electron chi connectivity index (χ1n) is 22.2. The lowest BCUT2D eigenvalue weighted by atomic mass is 10.0. The molecule has 0 aliphatic carbocycles. The number of imide groups is 2. The molecule has 18 heteroatoms. The van der Waals surface area contributed by atoms with E-state index in [0.29, 0.717) is 85.1 Å². The Hall–Kier alpha value is -6.50. The van der Waals surface area contributed by atoms with Gasteiger partial charge in [-0.15, -0.1) is 0 Å². The largest absolute Gasteiger partial charge is 0.387 e. The summed E-state index contributed by atoms with van der Waals surface area (Å²) >= 11 is 0. The van der Waals surface area contributed by atoms with Crippen LogP contribution in [0.1, 0.15) is 76.9 Å². The van der Waals surface area contributed by atoms with Crippen LogP contribution in [0, 0.1) is 17.0 Å². The van der Waals surface area contributed by atoms with Crippen molar-refractivity contribution in [2.24, 2.45) is 0 Å². The van der Waals surface area contributed by atoms with Crippen LogP contribution < -0.4 is 21.3 Å². The van der Waals surface area contributed by atoms with Gasteiger partial charge in [-0.2, -0.15) is 0 Å². The lowest BCUT2D eigenvalue weighted by molar-refractivity contribution is -0.136. The molecule has 3 saturated heterocycles. The van der Waals surface area contributed by atoms with Crippen molar-refractivity contribution >= 4 is 58.0 Å². The Morgan fingerprint density at radius 1 is 0.877 bits per heavy atom. The number of morpholine rings is 1. The Labute approximate surface area is 374 Å². The number of halogens is 2. The molecule has 3 aromatic carbocycles. The Morgan fingerprint density at radius 2 is 1.63 bits per heavy atom. The van der Waals surface area contributed by atoms with Crippen molar-refractivity contribution in [2.45, 2.75) is 63.6 Å². The maximum absolute atomic E-state index is 15.4. The average Bonchev–Trinajstić information content (AvgIpc) is 3.55. The number of ether oxygens (including phenoxy) is 1. The zero-order chi connectivity index (χ0) is 45.5. The van der Waals surface area contributed by atoms with Gasteiger partial charge in [-0.3, -0.25) is 49.0 Å². The van der Waals surface area contributed by atoms with Gasteiger partial charge in [0.15, 0.2) is 0 Å². The summed E-state index contributed by atoms with van der Waals surface area (Å²) < 4.78 is 36.1. The Morgan fingerprint density at radius 3 is 2.38 bits per heavy atom. The highest BCUT2D eigenvalue weighted by Gasteiger charge is 2.44. The number of aromatic nitrogens is 2. The number of allylic oxidation sites excluding steroid dienone is 1. The normalized spacial score (nSPS) is 18.8. The van der Waals surface area contributed by atoms with Crippen molar-refractivity contribution in [3.63, 3.8) is 0 Å². The number of amides is 5. The standard InChI is InChI=1S/C47H52F2N10O6/c48-37-21-29(22-38(49)36(37)27-58-17-19-65-20-18-58)33-5-4-6-39-44(33)55-40(26-54-39)30(24-50)25-53-31-11-15-57(16-12-31)28-43(61)52-14-3-1-2-13-51-32-7-8-34-35(23-32)47(64)59(46(34)63)41-9-10-42(60)56-45(41)62/h4-8,21-26,31,41,50-51,53H,1-3,9-20,27-28H2,(H,52,61)(H,56,60,62)/b30-25+,50-24?. The van der Waals surface area contributed by atoms with Gasteiger partial charge in [0, 0.05) is 93.1 Å². The van der Waals surface area contributed by atoms with E-state index in [1.165, 1.54) is 18.3 Å². The molecule has 3 fully saturated rings. The Kier molecular flexibility index (Phi) is 14.3. The summed E-state index contributed by atoms with van der Waals surface area (Å²) in [6.07, 6.45) is 8.76. The van der Waals surface area contributed by atoms with Gasteiger partial charge < -0.3 is 26.1 Å². The van der Waals surface area contributed by atoms with E-state index in [-0.39, 0.29) is 48.0 Å². The minimum atomic E-state index is -1.01. The second-order valence-corrected chi connectivity index (χ2v) is 16.7. The molecule has 0 radical (unpaired) electrons. The van der Waals surface area contributed by atoms with Gasteiger partial charge in [0.05, 0.1) is 53.8 Å². The number of benzene rings is 3. The van der Waals surface area contributed by atoms with Gasteiger partial charge in [-0.05, 0) is 80.5 Å². The number of hydrogen-bond donors (Lipinski definition) is 5. The third-order valence-electron chi connectivity index (χ3n) is 12.3. The quantitative estimate of drug-likeness (QED) is 0.0575. The summed E-state index contributed by atoms with van der Waals surface area (Å²) in [5.41, 5.74) is 4.02. The molecule has 4 aromatic rings. The van der Waals surface area contributed by atoms with Crippen molar-refractivity contribution in [3.8, 4) is 11.1 Å². The van der Waals surface area contributed by atoms with Crippen LogP contribution >= 0.6 is 0 Å². The van der Waals surface area contributed by atoms with Crippen molar-refractivity contribution in [1.29, 1.82) is 5.41 Å². The monoisotopic (exact) mass is 890 g/mol. The fourth-order valence-corrected chi connectivity index (χ4v) is 8.68. The SMILES string of the molecule is N=C/C(=C\NC1CCN(CC(=O)NCCCCCNc2ccc3c(c2)C(=O)N(C2CCC(=O)NC2=O)C3=O)CC1)c1cnc2cccc(-c3cc(F)c(CN4CCOCC4)c(F)c3)c2n1. The Bertz CT molecular complexity index is 2500. The van der Waals surface area contributed by atoms with Crippen molar-refractivity contribution in [1.82, 2.24) is 40.6 Å². The molecule has 0 spiro atoms. The molecular weight excluding hydrogens is 839 g/mol. The molecule has 0 bridgehead atoms. The smallest absolute Gasteiger partial charge is 0.262 e. The van der Waals surface area contributed by atoms with E-state index < -0.39 is 41.3 Å². The van der Waals surface area contributed by atoms with Crippen molar-refractivity contribution in [2.75, 3.05) is 64.3 Å². The van der Waals surface area contributed by atoms with Gasteiger partial charge in [-0.1, -0.05) is 12.1 Å². The van der Waals surface area contributed by atoms with Crippen LogP contribution in [0.15, 0.2) is 60.9 Å². The highest BCUT2D eigenvalue weighted by molar-refractivity contribution is 6.23. The average molecular weight is 891 g/mol. The Balaban J connectivity index is 0.750. The molecule has 5 heterocycles. The molecule has 1 unspecified atom stereocenters. The van der Waals surface area contributed by atoms with Gasteiger partial charge >= 0.3 is 0 Å². The van der Waals surface area contributed by atoms with Crippen LogP contribution in [0.25, 0.3) is 27.7 Å². The first-order valence-corrected chi connectivity index (χ1v) is 22.2. The van der Waals surface area contributed by atoms with Gasteiger partial charge in [0.2, 0.25) is 17.7 Å². The number of likely N-dealkylation sites (tertiary alicyclic amines) is 1. The maximum Gasteiger partial charge on any atom is 0.262 e. The number of unbranched alkanes of at least 4 members (excludes halogenated alkanes) is 2. The van der Waals surface area contributed by atoms with Crippen LogP contribution in [-0.2, 0) is 25.7 Å². The van der Waals surface area contributed by atoms with E-state index in [1.54, 1.807) is 48.8 Å². The highest BCUT2D eigenvalue weighted by Crippen LogP contribution is 2.32. The summed E-state index contributed by atoms with van der Waals surface area (Å²) in [6.45, 7) is 5.37. The van der Waals surface area contributed by atoms with Gasteiger partial charge in [0.25, 0.3) is 11.8 Å². The molecule has 65 heavy (non-hydrogen) atoms. The van der Waals surface area contributed by atoms with E-state index in [2.05, 4.69) is 31.2 Å². The highest BCUT2D eigenvalue weighted by atomic mass is 19.1. The number of piperidine rings is 2. The predicted molar refractivity (Wildman–Crippen MR) is 239 cm³/mol. The molecule has 1 atom stereocenters. The summed E-state index contributed by atoms with van der Waals surface area (Å²) in [6, 6.07) is 12.0.